The van der Waals surface area contributed by atoms with Gasteiger partial charge >= 0.3 is 0 Å². The largest absolute Gasteiger partial charge is 0.394 e. The Labute approximate surface area is 218 Å². The van der Waals surface area contributed by atoms with E-state index in [0.29, 0.717) is 29.4 Å². The minimum Gasteiger partial charge on any atom is -0.394 e. The van der Waals surface area contributed by atoms with Crippen molar-refractivity contribution in [2.24, 2.45) is 5.92 Å². The van der Waals surface area contributed by atoms with Crippen molar-refractivity contribution in [2.45, 2.75) is 44.4 Å². The highest BCUT2D eigenvalue weighted by molar-refractivity contribution is 14.1. The number of likely N-dealkylation sites (tertiary alicyclic amines) is 1. The molecule has 2 aromatic rings. The van der Waals surface area contributed by atoms with Gasteiger partial charge in [-0.3, -0.25) is 9.59 Å². The number of fused-ring (bicyclic) bond motifs is 1. The van der Waals surface area contributed by atoms with Crippen molar-refractivity contribution in [3.05, 3.63) is 74.3 Å². The van der Waals surface area contributed by atoms with E-state index in [1.54, 1.807) is 47.1 Å². The summed E-state index contributed by atoms with van der Waals surface area (Å²) < 4.78 is 1.10. The number of carbonyl (C=O) groups excluding carboxylic acids is 2. The first kappa shape index (κ1) is 25.2. The number of benzene rings is 2. The quantitative estimate of drug-likeness (QED) is 0.371. The molecule has 3 atom stereocenters. The van der Waals surface area contributed by atoms with Crippen LogP contribution < -0.4 is 4.90 Å². The fourth-order valence-electron chi connectivity index (χ4n) is 4.83. The molecule has 8 heteroatoms. The molecule has 2 heterocycles. The van der Waals surface area contributed by atoms with Crippen molar-refractivity contribution in [2.75, 3.05) is 18.1 Å². The van der Waals surface area contributed by atoms with Crippen LogP contribution >= 0.6 is 34.2 Å². The Morgan fingerprint density at radius 1 is 1.29 bits per heavy atom. The van der Waals surface area contributed by atoms with E-state index in [4.69, 9.17) is 11.6 Å². The number of hydrogen-bond donors (Lipinski definition) is 2. The van der Waals surface area contributed by atoms with Gasteiger partial charge in [-0.05, 0) is 71.3 Å². The monoisotopic (exact) mass is 594 g/mol. The minimum atomic E-state index is -1.79. The van der Waals surface area contributed by atoms with E-state index in [9.17, 15) is 19.8 Å². The third-order valence-electron chi connectivity index (χ3n) is 6.77. The predicted octanol–water partition coefficient (Wildman–Crippen LogP) is 4.24. The van der Waals surface area contributed by atoms with Crippen molar-refractivity contribution < 1.29 is 19.8 Å². The zero-order valence-corrected chi connectivity index (χ0v) is 21.9. The lowest BCUT2D eigenvalue weighted by Gasteiger charge is -2.28. The summed E-state index contributed by atoms with van der Waals surface area (Å²) in [6.45, 7) is 2.72. The van der Waals surface area contributed by atoms with Gasteiger partial charge in [-0.1, -0.05) is 42.8 Å². The molecule has 0 bridgehead atoms. The van der Waals surface area contributed by atoms with Crippen LogP contribution in [0.15, 0.2) is 54.6 Å². The third-order valence-corrected chi connectivity index (χ3v) is 7.72. The lowest BCUT2D eigenvalue weighted by atomic mass is 9.83. The maximum absolute atomic E-state index is 13.6. The number of aliphatic hydroxyl groups is 2. The molecular weight excluding hydrogens is 567 g/mol. The van der Waals surface area contributed by atoms with Crippen molar-refractivity contribution in [3.8, 4) is 0 Å². The molecule has 2 amide bonds. The highest BCUT2D eigenvalue weighted by Crippen LogP contribution is 2.46. The van der Waals surface area contributed by atoms with E-state index in [2.05, 4.69) is 22.6 Å². The zero-order chi connectivity index (χ0) is 24.5. The summed E-state index contributed by atoms with van der Waals surface area (Å²) in [5, 5.41) is 21.6. The molecule has 2 aromatic carbocycles. The van der Waals surface area contributed by atoms with Crippen molar-refractivity contribution in [1.29, 1.82) is 0 Å². The van der Waals surface area contributed by atoms with Crippen LogP contribution in [-0.2, 0) is 21.7 Å². The lowest BCUT2D eigenvalue weighted by Crippen LogP contribution is -2.44. The molecule has 2 N–H and O–H groups in total. The second-order valence-corrected chi connectivity index (χ2v) is 10.6. The van der Waals surface area contributed by atoms with Crippen LogP contribution in [0.4, 0.5) is 5.69 Å². The highest BCUT2D eigenvalue weighted by atomic mass is 127. The summed E-state index contributed by atoms with van der Waals surface area (Å²) in [6, 6.07) is 12.9. The summed E-state index contributed by atoms with van der Waals surface area (Å²) in [5.41, 5.74) is 0.273. The maximum atomic E-state index is 13.6. The van der Waals surface area contributed by atoms with Gasteiger partial charge in [-0.2, -0.15) is 0 Å². The van der Waals surface area contributed by atoms with Crippen LogP contribution in [0.1, 0.15) is 37.3 Å². The van der Waals surface area contributed by atoms with Crippen molar-refractivity contribution in [3.63, 3.8) is 0 Å². The normalized spacial score (nSPS) is 23.1. The van der Waals surface area contributed by atoms with Gasteiger partial charge < -0.3 is 20.0 Å². The van der Waals surface area contributed by atoms with E-state index in [-0.39, 0.29) is 25.0 Å². The van der Waals surface area contributed by atoms with Crippen molar-refractivity contribution >= 4 is 51.7 Å². The number of carbonyl (C=O) groups is 2. The van der Waals surface area contributed by atoms with Gasteiger partial charge in [0, 0.05) is 33.0 Å². The second kappa shape index (κ2) is 10.4. The molecule has 1 saturated heterocycles. The summed E-state index contributed by atoms with van der Waals surface area (Å²) >= 11 is 8.48. The van der Waals surface area contributed by atoms with Crippen LogP contribution in [0, 0.1) is 9.49 Å². The summed E-state index contributed by atoms with van der Waals surface area (Å²) in [6.07, 6.45) is 5.28. The predicted molar refractivity (Wildman–Crippen MR) is 140 cm³/mol. The van der Waals surface area contributed by atoms with E-state index in [1.807, 2.05) is 24.3 Å². The topological polar surface area (TPSA) is 81.1 Å². The summed E-state index contributed by atoms with van der Waals surface area (Å²) in [4.78, 5) is 29.5. The molecule has 180 valence electrons. The van der Waals surface area contributed by atoms with E-state index in [0.717, 1.165) is 22.0 Å². The number of anilines is 1. The molecule has 0 spiro atoms. The average molecular weight is 595 g/mol. The highest BCUT2D eigenvalue weighted by Gasteiger charge is 2.52. The van der Waals surface area contributed by atoms with Crippen LogP contribution in [0.3, 0.4) is 0 Å². The van der Waals surface area contributed by atoms with Crippen LogP contribution in [0.25, 0.3) is 0 Å². The molecule has 1 fully saturated rings. The molecule has 34 heavy (non-hydrogen) atoms. The standard InChI is InChI=1S/C26H28ClIN2O4/c1-17(4-2-6-24(32)29-13-3-5-21(29)16-31)26(34)22-14-19(27)9-12-23(22)30(25(26)33)15-18-7-10-20(28)11-8-18/h2,4,7-12,14,17,21,31,34H,3,5-6,13,15-16H2,1H3/b4-2+/t17-,21+,26+/m1/s1. The summed E-state index contributed by atoms with van der Waals surface area (Å²) in [7, 11) is 0. The smallest absolute Gasteiger partial charge is 0.264 e. The van der Waals surface area contributed by atoms with E-state index >= 15 is 0 Å². The molecule has 0 aliphatic carbocycles. The zero-order valence-electron chi connectivity index (χ0n) is 19.0. The van der Waals surface area contributed by atoms with Crippen LogP contribution in [-0.4, -0.2) is 46.1 Å². The maximum Gasteiger partial charge on any atom is 0.264 e. The molecule has 6 nitrogen and oxygen atoms in total. The number of hydrogen-bond acceptors (Lipinski definition) is 4. The lowest BCUT2D eigenvalue weighted by molar-refractivity contribution is -0.139. The van der Waals surface area contributed by atoms with E-state index < -0.39 is 17.4 Å². The van der Waals surface area contributed by atoms with Crippen LogP contribution in [0.5, 0.6) is 0 Å². The Bertz CT molecular complexity index is 1110. The number of rotatable bonds is 7. The molecule has 0 saturated carbocycles. The van der Waals surface area contributed by atoms with Gasteiger partial charge in [0.2, 0.25) is 5.91 Å². The Kier molecular flexibility index (Phi) is 7.66. The molecular formula is C26H28ClIN2O4. The van der Waals surface area contributed by atoms with Gasteiger partial charge in [0.1, 0.15) is 0 Å². The van der Waals surface area contributed by atoms with Crippen LogP contribution in [0.2, 0.25) is 5.02 Å². The first-order chi connectivity index (χ1) is 16.3. The minimum absolute atomic E-state index is 0.0337. The third kappa shape index (κ3) is 4.76. The number of amides is 2. The molecule has 0 unspecified atom stereocenters. The summed E-state index contributed by atoms with van der Waals surface area (Å²) in [5.74, 6) is -1.06. The Balaban J connectivity index is 1.55. The first-order valence-electron chi connectivity index (χ1n) is 11.4. The SMILES string of the molecule is C[C@H](/C=C/CC(=O)N1CCC[C@H]1CO)[C@@]1(O)C(=O)N(Cc2ccc(I)cc2)c2ccc(Cl)cc21. The molecule has 4 rings (SSSR count). The Hall–Kier alpha value is -1.94. The average Bonchev–Trinajstić information content (AvgIpc) is 3.38. The number of nitrogens with zero attached hydrogens (tertiary/aromatic N) is 2. The molecule has 2 aliphatic rings. The van der Waals surface area contributed by atoms with Gasteiger partial charge in [-0.25, -0.2) is 0 Å². The van der Waals surface area contributed by atoms with Gasteiger partial charge in [-0.15, -0.1) is 0 Å². The second-order valence-electron chi connectivity index (χ2n) is 8.93. The fourth-order valence-corrected chi connectivity index (χ4v) is 5.36. The number of halogens is 2. The first-order valence-corrected chi connectivity index (χ1v) is 12.9. The van der Waals surface area contributed by atoms with Gasteiger partial charge in [0.25, 0.3) is 5.91 Å². The van der Waals surface area contributed by atoms with E-state index in [1.165, 1.54) is 0 Å². The fraction of sp³-hybridized carbons (Fsp3) is 0.385. The Morgan fingerprint density at radius 3 is 2.74 bits per heavy atom. The molecule has 2 aliphatic heterocycles. The Morgan fingerprint density at radius 2 is 2.03 bits per heavy atom. The van der Waals surface area contributed by atoms with Gasteiger partial charge in [0.15, 0.2) is 5.60 Å². The van der Waals surface area contributed by atoms with Gasteiger partial charge in [0.05, 0.1) is 24.9 Å². The number of aliphatic hydroxyl groups excluding tert-OH is 1. The molecule has 0 radical (unpaired) electrons. The molecule has 0 aromatic heterocycles. The van der Waals surface area contributed by atoms with Crippen molar-refractivity contribution in [1.82, 2.24) is 4.90 Å².